The first-order chi connectivity index (χ1) is 18.3. The second kappa shape index (κ2) is 10.2. The normalized spacial score (nSPS) is 11.5. The predicted octanol–water partition coefficient (Wildman–Crippen LogP) is 7.21. The van der Waals surface area contributed by atoms with Crippen molar-refractivity contribution < 1.29 is 22.7 Å². The number of nitrogens with two attached hydrogens (primary N) is 1. The van der Waals surface area contributed by atoms with Crippen molar-refractivity contribution in [2.45, 2.75) is 12.7 Å². The number of carbonyl (C=O) groups excluding carboxylic acids is 1. The van der Waals surface area contributed by atoms with E-state index in [9.17, 15) is 18.0 Å². The molecule has 0 aliphatic heterocycles. The highest BCUT2D eigenvalue weighted by Crippen LogP contribution is 2.41. The second-order valence-corrected chi connectivity index (χ2v) is 8.80. The molecule has 0 saturated heterocycles. The van der Waals surface area contributed by atoms with Gasteiger partial charge in [-0.25, -0.2) is 14.8 Å². The number of alkyl halides is 3. The fourth-order valence-electron chi connectivity index (χ4n) is 4.10. The summed E-state index contributed by atoms with van der Waals surface area (Å²) < 4.78 is 44.0. The summed E-state index contributed by atoms with van der Waals surface area (Å²) in [6, 6.07) is 25.4. The number of rotatable bonds is 5. The minimum atomic E-state index is -5.20. The van der Waals surface area contributed by atoms with E-state index < -0.39 is 18.0 Å². The Hall–Kier alpha value is -4.27. The third-order valence-electron chi connectivity index (χ3n) is 5.95. The lowest BCUT2D eigenvalue weighted by Crippen LogP contribution is -2.28. The lowest BCUT2D eigenvalue weighted by molar-refractivity contribution is -0.189. The van der Waals surface area contributed by atoms with E-state index in [0.717, 1.165) is 16.7 Å². The fourth-order valence-corrected chi connectivity index (χ4v) is 4.33. The van der Waals surface area contributed by atoms with E-state index in [-0.39, 0.29) is 10.9 Å². The van der Waals surface area contributed by atoms with Crippen molar-refractivity contribution in [1.82, 2.24) is 9.97 Å². The number of carbonyl (C=O) groups is 1. The van der Waals surface area contributed by atoms with E-state index in [0.29, 0.717) is 34.0 Å². The van der Waals surface area contributed by atoms with E-state index in [2.05, 4.69) is 4.98 Å². The maximum atomic E-state index is 13.1. The van der Waals surface area contributed by atoms with Gasteiger partial charge in [0, 0.05) is 40.0 Å². The van der Waals surface area contributed by atoms with Crippen LogP contribution in [0.5, 0.6) is 5.88 Å². The average Bonchev–Trinajstić information content (AvgIpc) is 2.93. The number of pyridine rings is 2. The van der Waals surface area contributed by atoms with Crippen molar-refractivity contribution in [3.63, 3.8) is 0 Å². The van der Waals surface area contributed by atoms with Crippen LogP contribution >= 0.6 is 11.6 Å². The number of hydrogen-bond donors (Lipinski definition) is 1. The van der Waals surface area contributed by atoms with Crippen LogP contribution in [0.2, 0.25) is 5.02 Å². The zero-order chi connectivity index (χ0) is 26.9. The van der Waals surface area contributed by atoms with Gasteiger partial charge in [-0.05, 0) is 23.3 Å². The number of hydrogen-bond acceptors (Lipinski definition) is 5. The SMILES string of the molecule is NCc1ccc(-c2nc3c(-c4ccccc4Cl)cnc(OC(=O)C(F)(F)F)c3cc2-c2ccccc2)cc1. The summed E-state index contributed by atoms with van der Waals surface area (Å²) in [5, 5.41) is 0.527. The van der Waals surface area contributed by atoms with E-state index in [1.54, 1.807) is 30.3 Å². The maximum Gasteiger partial charge on any atom is 0.491 e. The van der Waals surface area contributed by atoms with Crippen molar-refractivity contribution in [3.8, 4) is 39.4 Å². The third kappa shape index (κ3) is 4.96. The largest absolute Gasteiger partial charge is 0.491 e. The Morgan fingerprint density at radius 3 is 2.21 bits per heavy atom. The molecular weight excluding hydrogens is 515 g/mol. The molecule has 9 heteroatoms. The van der Waals surface area contributed by atoms with Crippen LogP contribution in [-0.2, 0) is 11.3 Å². The first-order valence-electron chi connectivity index (χ1n) is 11.5. The van der Waals surface area contributed by atoms with Gasteiger partial charge in [0.05, 0.1) is 16.6 Å². The van der Waals surface area contributed by atoms with Crippen LogP contribution in [0.15, 0.2) is 91.1 Å². The first kappa shape index (κ1) is 25.4. The molecule has 2 aromatic heterocycles. The molecule has 0 bridgehead atoms. The van der Waals surface area contributed by atoms with Gasteiger partial charge in [0.25, 0.3) is 0 Å². The molecule has 5 aromatic rings. The van der Waals surface area contributed by atoms with Crippen molar-refractivity contribution in [2.24, 2.45) is 5.73 Å². The topological polar surface area (TPSA) is 78.1 Å². The van der Waals surface area contributed by atoms with Crippen LogP contribution in [0.4, 0.5) is 13.2 Å². The van der Waals surface area contributed by atoms with Crippen LogP contribution in [0.3, 0.4) is 0 Å². The number of fused-ring (bicyclic) bond motifs is 1. The Bertz CT molecular complexity index is 1640. The molecule has 2 N–H and O–H groups in total. The van der Waals surface area contributed by atoms with Gasteiger partial charge in [0.2, 0.25) is 5.88 Å². The highest BCUT2D eigenvalue weighted by molar-refractivity contribution is 6.33. The number of nitrogens with zero attached hydrogens (tertiary/aromatic N) is 2. The number of aromatic nitrogens is 2. The molecule has 0 spiro atoms. The Balaban J connectivity index is 1.84. The highest BCUT2D eigenvalue weighted by Gasteiger charge is 2.42. The molecule has 0 aliphatic rings. The van der Waals surface area contributed by atoms with Gasteiger partial charge in [-0.15, -0.1) is 0 Å². The Labute approximate surface area is 220 Å². The molecule has 0 aliphatic carbocycles. The van der Waals surface area contributed by atoms with Crippen LogP contribution in [-0.4, -0.2) is 22.1 Å². The summed E-state index contributed by atoms with van der Waals surface area (Å²) in [5.74, 6) is -2.88. The molecular formula is C29H19ClF3N3O2. The second-order valence-electron chi connectivity index (χ2n) is 8.39. The van der Waals surface area contributed by atoms with Crippen molar-refractivity contribution >= 4 is 28.5 Å². The van der Waals surface area contributed by atoms with Crippen molar-refractivity contribution in [3.05, 3.63) is 102 Å². The summed E-state index contributed by atoms with van der Waals surface area (Å²) in [4.78, 5) is 20.8. The summed E-state index contributed by atoms with van der Waals surface area (Å²) in [5.41, 5.74) is 10.7. The minimum Gasteiger partial charge on any atom is -0.400 e. The quantitative estimate of drug-likeness (QED) is 0.241. The predicted molar refractivity (Wildman–Crippen MR) is 140 cm³/mol. The molecule has 0 fully saturated rings. The van der Waals surface area contributed by atoms with Gasteiger partial charge < -0.3 is 10.5 Å². The minimum absolute atomic E-state index is 0.126. The molecule has 0 unspecified atom stereocenters. The van der Waals surface area contributed by atoms with Crippen molar-refractivity contribution in [2.75, 3.05) is 0 Å². The number of ether oxygens (including phenoxy) is 1. The lowest BCUT2D eigenvalue weighted by atomic mass is 9.95. The Kier molecular flexibility index (Phi) is 6.84. The molecule has 38 heavy (non-hydrogen) atoms. The molecule has 0 amide bonds. The molecule has 2 heterocycles. The number of halogens is 4. The van der Waals surface area contributed by atoms with Crippen LogP contribution in [0.1, 0.15) is 5.56 Å². The monoisotopic (exact) mass is 533 g/mol. The summed E-state index contributed by atoms with van der Waals surface area (Å²) in [6.45, 7) is 0.368. The van der Waals surface area contributed by atoms with Gasteiger partial charge >= 0.3 is 12.1 Å². The molecule has 190 valence electrons. The molecule has 5 rings (SSSR count). The molecule has 0 atom stereocenters. The summed E-state index contributed by atoms with van der Waals surface area (Å²) in [7, 11) is 0. The average molecular weight is 534 g/mol. The molecule has 0 saturated carbocycles. The number of benzene rings is 3. The van der Waals surface area contributed by atoms with Gasteiger partial charge in [0.15, 0.2) is 0 Å². The zero-order valence-corrected chi connectivity index (χ0v) is 20.4. The summed E-state index contributed by atoms with van der Waals surface area (Å²) >= 11 is 6.46. The van der Waals surface area contributed by atoms with Gasteiger partial charge in [-0.2, -0.15) is 13.2 Å². The maximum absolute atomic E-state index is 13.1. The summed E-state index contributed by atoms with van der Waals surface area (Å²) in [6.07, 6.45) is -3.89. The van der Waals surface area contributed by atoms with E-state index in [1.807, 2.05) is 54.6 Å². The van der Waals surface area contributed by atoms with Crippen LogP contribution in [0.25, 0.3) is 44.4 Å². The van der Waals surface area contributed by atoms with Crippen LogP contribution < -0.4 is 10.5 Å². The standard InChI is InChI=1S/C29H19ClF3N3O2/c30-24-9-5-4-8-20(24)23-16-35-27(38-28(37)29(31,32)33)22-14-21(18-6-2-1-3-7-18)25(36-26(22)23)19-12-10-17(15-34)11-13-19/h1-14,16H,15,34H2. The van der Waals surface area contributed by atoms with Crippen molar-refractivity contribution in [1.29, 1.82) is 0 Å². The van der Waals surface area contributed by atoms with E-state index in [1.165, 1.54) is 6.20 Å². The fraction of sp³-hybridized carbons (Fsp3) is 0.0690. The first-order valence-corrected chi connectivity index (χ1v) is 11.9. The van der Waals surface area contributed by atoms with Gasteiger partial charge in [0.1, 0.15) is 0 Å². The smallest absolute Gasteiger partial charge is 0.400 e. The van der Waals surface area contributed by atoms with Gasteiger partial charge in [-0.3, -0.25) is 0 Å². The highest BCUT2D eigenvalue weighted by atomic mass is 35.5. The lowest BCUT2D eigenvalue weighted by Gasteiger charge is -2.16. The van der Waals surface area contributed by atoms with E-state index >= 15 is 0 Å². The third-order valence-corrected chi connectivity index (χ3v) is 6.28. The Morgan fingerprint density at radius 2 is 1.55 bits per heavy atom. The zero-order valence-electron chi connectivity index (χ0n) is 19.7. The van der Waals surface area contributed by atoms with Crippen LogP contribution in [0, 0.1) is 0 Å². The molecule has 0 radical (unpaired) electrons. The van der Waals surface area contributed by atoms with E-state index in [4.69, 9.17) is 27.1 Å². The Morgan fingerprint density at radius 1 is 0.868 bits per heavy atom. The molecule has 3 aromatic carbocycles. The van der Waals surface area contributed by atoms with Gasteiger partial charge in [-0.1, -0.05) is 84.4 Å². The number of esters is 1. The molecule has 5 nitrogen and oxygen atoms in total.